The van der Waals surface area contributed by atoms with Crippen molar-refractivity contribution >= 4 is 17.4 Å². The van der Waals surface area contributed by atoms with Gasteiger partial charge in [0.15, 0.2) is 0 Å². The summed E-state index contributed by atoms with van der Waals surface area (Å²) < 4.78 is 0. The third kappa shape index (κ3) is 2.94. The summed E-state index contributed by atoms with van der Waals surface area (Å²) in [5.74, 6) is 0.205. The van der Waals surface area contributed by atoms with Crippen molar-refractivity contribution in [2.24, 2.45) is 0 Å². The number of nitrogens with zero attached hydrogens (tertiary/aromatic N) is 1. The molecule has 2 aromatic rings. The number of phenolic OH excluding ortho intramolecular Hbond substituents is 1. The number of amides is 1. The fourth-order valence-corrected chi connectivity index (χ4v) is 2.05. The van der Waals surface area contributed by atoms with Gasteiger partial charge in [0.05, 0.1) is 12.2 Å². The quantitative estimate of drug-likeness (QED) is 0.780. The minimum atomic E-state index is -1.06. The van der Waals surface area contributed by atoms with Gasteiger partial charge in [-0.15, -0.1) is 11.3 Å². The first-order chi connectivity index (χ1) is 8.15. The number of thiazole rings is 1. The molecule has 0 saturated heterocycles. The number of hydrogen-bond acceptors (Lipinski definition) is 4. The van der Waals surface area contributed by atoms with Crippen molar-refractivity contribution in [1.29, 1.82) is 0 Å². The molecule has 0 atom stereocenters. The Labute approximate surface area is 101 Å². The van der Waals surface area contributed by atoms with Crippen molar-refractivity contribution in [3.05, 3.63) is 34.7 Å². The van der Waals surface area contributed by atoms with Gasteiger partial charge in [-0.2, -0.15) is 0 Å². The van der Waals surface area contributed by atoms with Crippen LogP contribution in [0.2, 0.25) is 0 Å². The van der Waals surface area contributed by atoms with Crippen LogP contribution in [0.1, 0.15) is 5.01 Å². The number of carboxylic acid groups (broad SMARTS) is 1. The number of carbonyl (C=O) groups is 1. The summed E-state index contributed by atoms with van der Waals surface area (Å²) in [6.07, 6.45) is -1.06. The van der Waals surface area contributed by atoms with E-state index in [-0.39, 0.29) is 12.3 Å². The zero-order chi connectivity index (χ0) is 12.3. The summed E-state index contributed by atoms with van der Waals surface area (Å²) in [5, 5.41) is 22.4. The Morgan fingerprint density at radius 2 is 2.06 bits per heavy atom. The molecule has 0 saturated carbocycles. The Morgan fingerprint density at radius 3 is 2.71 bits per heavy atom. The van der Waals surface area contributed by atoms with E-state index in [9.17, 15) is 4.79 Å². The molecule has 0 bridgehead atoms. The zero-order valence-corrected chi connectivity index (χ0v) is 9.57. The molecular weight excluding hydrogens is 240 g/mol. The minimum Gasteiger partial charge on any atom is -0.508 e. The van der Waals surface area contributed by atoms with Crippen molar-refractivity contribution in [2.75, 3.05) is 0 Å². The molecule has 5 nitrogen and oxygen atoms in total. The summed E-state index contributed by atoms with van der Waals surface area (Å²) in [7, 11) is 0. The molecule has 2 rings (SSSR count). The highest BCUT2D eigenvalue weighted by atomic mass is 32.1. The predicted octanol–water partition coefficient (Wildman–Crippen LogP) is 2.28. The lowest BCUT2D eigenvalue weighted by atomic mass is 10.2. The first-order valence-corrected chi connectivity index (χ1v) is 5.74. The standard InChI is InChI=1S/C11H10N2O3S/c14-8-3-1-7(2-4-8)9-6-17-10(13-9)5-12-11(15)16/h1-4,6,12,14H,5H2,(H,15,16). The Morgan fingerprint density at radius 1 is 1.35 bits per heavy atom. The van der Waals surface area contributed by atoms with Crippen molar-refractivity contribution in [1.82, 2.24) is 10.3 Å². The Hall–Kier alpha value is -2.08. The lowest BCUT2D eigenvalue weighted by molar-refractivity contribution is 0.194. The van der Waals surface area contributed by atoms with Crippen LogP contribution >= 0.6 is 11.3 Å². The van der Waals surface area contributed by atoms with Crippen LogP contribution in [-0.2, 0) is 6.54 Å². The molecule has 3 N–H and O–H groups in total. The van der Waals surface area contributed by atoms with Crippen LogP contribution in [0.3, 0.4) is 0 Å². The number of nitrogens with one attached hydrogen (secondary N) is 1. The second kappa shape index (κ2) is 4.84. The fourth-order valence-electron chi connectivity index (χ4n) is 1.31. The van der Waals surface area contributed by atoms with Crippen LogP contribution in [0.5, 0.6) is 5.75 Å². The summed E-state index contributed by atoms with van der Waals surface area (Å²) >= 11 is 1.39. The predicted molar refractivity (Wildman–Crippen MR) is 64.1 cm³/mol. The Kier molecular flexibility index (Phi) is 3.24. The molecule has 17 heavy (non-hydrogen) atoms. The first kappa shape index (κ1) is 11.4. The first-order valence-electron chi connectivity index (χ1n) is 4.86. The molecule has 1 aromatic carbocycles. The average molecular weight is 250 g/mol. The van der Waals surface area contributed by atoms with Gasteiger partial charge in [0.2, 0.25) is 0 Å². The van der Waals surface area contributed by atoms with E-state index >= 15 is 0 Å². The normalized spacial score (nSPS) is 10.1. The van der Waals surface area contributed by atoms with Gasteiger partial charge in [0.25, 0.3) is 0 Å². The van der Waals surface area contributed by atoms with E-state index in [4.69, 9.17) is 10.2 Å². The number of benzene rings is 1. The minimum absolute atomic E-state index is 0.205. The number of aromatic hydroxyl groups is 1. The lowest BCUT2D eigenvalue weighted by Crippen LogP contribution is -2.19. The van der Waals surface area contributed by atoms with Crippen LogP contribution in [0.25, 0.3) is 11.3 Å². The number of aromatic nitrogens is 1. The number of phenols is 1. The van der Waals surface area contributed by atoms with Crippen LogP contribution in [0.4, 0.5) is 4.79 Å². The van der Waals surface area contributed by atoms with Crippen molar-refractivity contribution in [2.45, 2.75) is 6.54 Å². The molecular formula is C11H10N2O3S. The summed E-state index contributed by atoms with van der Waals surface area (Å²) in [4.78, 5) is 14.6. The molecule has 0 unspecified atom stereocenters. The molecule has 1 amide bonds. The van der Waals surface area contributed by atoms with Gasteiger partial charge in [0, 0.05) is 10.9 Å². The summed E-state index contributed by atoms with van der Waals surface area (Å²) in [6, 6.07) is 6.70. The van der Waals surface area contributed by atoms with E-state index in [1.165, 1.54) is 11.3 Å². The molecule has 88 valence electrons. The topological polar surface area (TPSA) is 82.5 Å². The van der Waals surface area contributed by atoms with E-state index in [0.717, 1.165) is 11.3 Å². The molecule has 0 aliphatic carbocycles. The maximum atomic E-state index is 10.3. The summed E-state index contributed by atoms with van der Waals surface area (Å²) in [6.45, 7) is 0.206. The van der Waals surface area contributed by atoms with Gasteiger partial charge in [-0.05, 0) is 24.3 Å². The van der Waals surface area contributed by atoms with Gasteiger partial charge in [-0.1, -0.05) is 0 Å². The van der Waals surface area contributed by atoms with Gasteiger partial charge in [-0.3, -0.25) is 0 Å². The monoisotopic (exact) mass is 250 g/mol. The zero-order valence-electron chi connectivity index (χ0n) is 8.75. The van der Waals surface area contributed by atoms with Gasteiger partial charge < -0.3 is 15.5 Å². The highest BCUT2D eigenvalue weighted by Crippen LogP contribution is 2.23. The lowest BCUT2D eigenvalue weighted by Gasteiger charge is -1.97. The highest BCUT2D eigenvalue weighted by molar-refractivity contribution is 7.09. The van der Waals surface area contributed by atoms with E-state index in [1.807, 2.05) is 5.38 Å². The van der Waals surface area contributed by atoms with Crippen LogP contribution in [0.15, 0.2) is 29.6 Å². The molecule has 0 aliphatic rings. The maximum absolute atomic E-state index is 10.3. The largest absolute Gasteiger partial charge is 0.508 e. The Bertz CT molecular complexity index is 522. The van der Waals surface area contributed by atoms with Crippen molar-refractivity contribution < 1.29 is 15.0 Å². The van der Waals surface area contributed by atoms with E-state index < -0.39 is 6.09 Å². The van der Waals surface area contributed by atoms with E-state index in [1.54, 1.807) is 24.3 Å². The number of hydrogen-bond donors (Lipinski definition) is 3. The fraction of sp³-hybridized carbons (Fsp3) is 0.0909. The molecule has 6 heteroatoms. The molecule has 0 fully saturated rings. The average Bonchev–Trinajstić information content (AvgIpc) is 2.76. The second-order valence-electron chi connectivity index (χ2n) is 3.33. The van der Waals surface area contributed by atoms with Gasteiger partial charge in [-0.25, -0.2) is 9.78 Å². The van der Waals surface area contributed by atoms with Crippen LogP contribution in [-0.4, -0.2) is 21.3 Å². The van der Waals surface area contributed by atoms with E-state index in [2.05, 4.69) is 10.3 Å². The van der Waals surface area contributed by atoms with E-state index in [0.29, 0.717) is 5.01 Å². The number of rotatable bonds is 3. The Balaban J connectivity index is 2.12. The third-order valence-electron chi connectivity index (χ3n) is 2.11. The second-order valence-corrected chi connectivity index (χ2v) is 4.27. The van der Waals surface area contributed by atoms with Crippen molar-refractivity contribution in [3.8, 4) is 17.0 Å². The molecule has 0 aliphatic heterocycles. The highest BCUT2D eigenvalue weighted by Gasteiger charge is 2.05. The van der Waals surface area contributed by atoms with Gasteiger partial charge >= 0.3 is 6.09 Å². The third-order valence-corrected chi connectivity index (χ3v) is 2.95. The smallest absolute Gasteiger partial charge is 0.405 e. The summed E-state index contributed by atoms with van der Waals surface area (Å²) in [5.41, 5.74) is 1.66. The molecule has 1 aromatic heterocycles. The van der Waals surface area contributed by atoms with Crippen LogP contribution < -0.4 is 5.32 Å². The molecule has 0 radical (unpaired) electrons. The van der Waals surface area contributed by atoms with Gasteiger partial charge in [0.1, 0.15) is 10.8 Å². The van der Waals surface area contributed by atoms with Crippen LogP contribution in [0, 0.1) is 0 Å². The molecule has 0 spiro atoms. The SMILES string of the molecule is O=C(O)NCc1nc(-c2ccc(O)cc2)cs1. The maximum Gasteiger partial charge on any atom is 0.405 e. The molecule has 1 heterocycles. The van der Waals surface area contributed by atoms with Crippen molar-refractivity contribution in [3.63, 3.8) is 0 Å².